The lowest BCUT2D eigenvalue weighted by Crippen LogP contribution is -2.24. The van der Waals surface area contributed by atoms with Crippen LogP contribution in [0.4, 0.5) is 4.39 Å². The van der Waals surface area contributed by atoms with E-state index in [0.717, 1.165) is 19.3 Å². The summed E-state index contributed by atoms with van der Waals surface area (Å²) in [6.45, 7) is 3.85. The minimum atomic E-state index is -0.359. The van der Waals surface area contributed by atoms with Crippen LogP contribution in [-0.2, 0) is 0 Å². The number of nitrogens with zero attached hydrogens (tertiary/aromatic N) is 1. The van der Waals surface area contributed by atoms with E-state index in [1.165, 1.54) is 18.6 Å². The summed E-state index contributed by atoms with van der Waals surface area (Å²) in [6.07, 6.45) is 4.62. The highest BCUT2D eigenvalue weighted by Gasteiger charge is 2.21. The maximum atomic E-state index is 13.3. The number of oxime groups is 1. The molecule has 0 saturated heterocycles. The second kappa shape index (κ2) is 6.04. The normalized spacial score (nSPS) is 24.3. The molecule has 0 amide bonds. The first-order chi connectivity index (χ1) is 9.10. The van der Waals surface area contributed by atoms with Crippen LogP contribution in [0, 0.1) is 11.7 Å². The van der Waals surface area contributed by atoms with Crippen LogP contribution in [0.1, 0.15) is 45.1 Å². The van der Waals surface area contributed by atoms with Crippen molar-refractivity contribution in [3.05, 3.63) is 29.6 Å². The molecule has 1 aliphatic carbocycles. The average molecular weight is 265 g/mol. The Morgan fingerprint density at radius 2 is 2.21 bits per heavy atom. The topological polar surface area (TPSA) is 41.8 Å². The molecule has 2 unspecified atom stereocenters. The highest BCUT2D eigenvalue weighted by Crippen LogP contribution is 2.29. The van der Waals surface area contributed by atoms with E-state index in [0.29, 0.717) is 22.9 Å². The fraction of sp³-hybridized carbons (Fsp3) is 0.533. The summed E-state index contributed by atoms with van der Waals surface area (Å²) < 4.78 is 19.3. The first kappa shape index (κ1) is 13.8. The minimum Gasteiger partial charge on any atom is -0.490 e. The van der Waals surface area contributed by atoms with Crippen LogP contribution in [0.5, 0.6) is 5.75 Å². The monoisotopic (exact) mass is 265 g/mol. The van der Waals surface area contributed by atoms with Crippen molar-refractivity contribution < 1.29 is 14.3 Å². The smallest absolute Gasteiger partial charge is 0.129 e. The zero-order valence-corrected chi connectivity index (χ0v) is 11.4. The summed E-state index contributed by atoms with van der Waals surface area (Å²) in [5, 5.41) is 12.0. The van der Waals surface area contributed by atoms with E-state index in [2.05, 4.69) is 12.1 Å². The van der Waals surface area contributed by atoms with E-state index in [4.69, 9.17) is 9.94 Å². The van der Waals surface area contributed by atoms with Gasteiger partial charge in [0.2, 0.25) is 0 Å². The number of hydrogen-bond acceptors (Lipinski definition) is 3. The van der Waals surface area contributed by atoms with E-state index >= 15 is 0 Å². The van der Waals surface area contributed by atoms with Crippen molar-refractivity contribution >= 4 is 5.71 Å². The molecule has 0 aliphatic heterocycles. The lowest BCUT2D eigenvalue weighted by molar-refractivity contribution is 0.129. The Balaban J connectivity index is 2.19. The maximum absolute atomic E-state index is 13.3. The summed E-state index contributed by atoms with van der Waals surface area (Å²) in [7, 11) is 0. The first-order valence-electron chi connectivity index (χ1n) is 6.75. The van der Waals surface area contributed by atoms with Crippen LogP contribution in [-0.4, -0.2) is 17.0 Å². The van der Waals surface area contributed by atoms with E-state index in [1.54, 1.807) is 13.0 Å². The molecule has 1 saturated carbocycles. The Morgan fingerprint density at radius 1 is 1.42 bits per heavy atom. The molecular weight excluding hydrogens is 245 g/mol. The molecule has 1 N–H and O–H groups in total. The Bertz CT molecular complexity index is 473. The Labute approximate surface area is 113 Å². The average Bonchev–Trinajstić information content (AvgIpc) is 2.40. The standard InChI is InChI=1S/C15H20FNO2/c1-10-4-3-5-13(8-10)19-15-7-6-12(16)9-14(15)11(2)17-18/h6-7,9-10,13,18H,3-5,8H2,1-2H3. The van der Waals surface area contributed by atoms with Crippen LogP contribution < -0.4 is 4.74 Å². The molecule has 0 spiro atoms. The number of benzene rings is 1. The second-order valence-corrected chi connectivity index (χ2v) is 5.34. The molecule has 0 radical (unpaired) electrons. The fourth-order valence-corrected chi connectivity index (χ4v) is 2.61. The van der Waals surface area contributed by atoms with Gasteiger partial charge in [-0.05, 0) is 50.3 Å². The quantitative estimate of drug-likeness (QED) is 0.510. The lowest BCUT2D eigenvalue weighted by atomic mass is 9.88. The van der Waals surface area contributed by atoms with Crippen molar-refractivity contribution in [2.24, 2.45) is 11.1 Å². The molecule has 1 aliphatic rings. The predicted molar refractivity (Wildman–Crippen MR) is 72.4 cm³/mol. The molecule has 3 nitrogen and oxygen atoms in total. The van der Waals surface area contributed by atoms with Crippen molar-refractivity contribution in [1.82, 2.24) is 0 Å². The summed E-state index contributed by atoms with van der Waals surface area (Å²) in [4.78, 5) is 0. The summed E-state index contributed by atoms with van der Waals surface area (Å²) in [6, 6.07) is 4.32. The Morgan fingerprint density at radius 3 is 2.89 bits per heavy atom. The van der Waals surface area contributed by atoms with Gasteiger partial charge in [0.05, 0.1) is 11.8 Å². The van der Waals surface area contributed by atoms with E-state index in [9.17, 15) is 4.39 Å². The maximum Gasteiger partial charge on any atom is 0.129 e. The lowest BCUT2D eigenvalue weighted by Gasteiger charge is -2.28. The molecule has 1 aromatic carbocycles. The molecule has 2 atom stereocenters. The van der Waals surface area contributed by atoms with Gasteiger partial charge in [-0.15, -0.1) is 0 Å². The third kappa shape index (κ3) is 3.46. The molecule has 0 bridgehead atoms. The van der Waals surface area contributed by atoms with Gasteiger partial charge < -0.3 is 9.94 Å². The van der Waals surface area contributed by atoms with Gasteiger partial charge in [-0.25, -0.2) is 4.39 Å². The molecular formula is C15H20FNO2. The van der Waals surface area contributed by atoms with Crippen LogP contribution in [0.15, 0.2) is 23.4 Å². The van der Waals surface area contributed by atoms with E-state index in [-0.39, 0.29) is 11.9 Å². The zero-order valence-electron chi connectivity index (χ0n) is 11.4. The molecule has 104 valence electrons. The Kier molecular flexibility index (Phi) is 4.40. The van der Waals surface area contributed by atoms with Crippen molar-refractivity contribution in [1.29, 1.82) is 0 Å². The van der Waals surface area contributed by atoms with E-state index in [1.807, 2.05) is 0 Å². The number of hydrogen-bond donors (Lipinski definition) is 1. The summed E-state index contributed by atoms with van der Waals surface area (Å²) in [5.41, 5.74) is 0.874. The van der Waals surface area contributed by atoms with Crippen molar-refractivity contribution in [2.75, 3.05) is 0 Å². The summed E-state index contributed by atoms with van der Waals surface area (Å²) in [5.74, 6) is 0.897. The minimum absolute atomic E-state index is 0.166. The number of halogens is 1. The van der Waals surface area contributed by atoms with Gasteiger partial charge in [-0.2, -0.15) is 0 Å². The van der Waals surface area contributed by atoms with E-state index < -0.39 is 0 Å². The highest BCUT2D eigenvalue weighted by atomic mass is 19.1. The van der Waals surface area contributed by atoms with Crippen molar-refractivity contribution in [2.45, 2.75) is 45.6 Å². The van der Waals surface area contributed by atoms with Crippen molar-refractivity contribution in [3.63, 3.8) is 0 Å². The van der Waals surface area contributed by atoms with Gasteiger partial charge in [0.25, 0.3) is 0 Å². The van der Waals surface area contributed by atoms with Gasteiger partial charge >= 0.3 is 0 Å². The number of ether oxygens (including phenoxy) is 1. The van der Waals surface area contributed by atoms with Crippen LogP contribution in [0.3, 0.4) is 0 Å². The van der Waals surface area contributed by atoms with Gasteiger partial charge in [0, 0.05) is 5.56 Å². The molecule has 2 rings (SSSR count). The fourth-order valence-electron chi connectivity index (χ4n) is 2.61. The van der Waals surface area contributed by atoms with Gasteiger partial charge in [-0.3, -0.25) is 0 Å². The van der Waals surface area contributed by atoms with Gasteiger partial charge in [0.15, 0.2) is 0 Å². The van der Waals surface area contributed by atoms with Crippen LogP contribution in [0.2, 0.25) is 0 Å². The van der Waals surface area contributed by atoms with Crippen LogP contribution in [0.25, 0.3) is 0 Å². The van der Waals surface area contributed by atoms with Gasteiger partial charge in [0.1, 0.15) is 11.6 Å². The second-order valence-electron chi connectivity index (χ2n) is 5.34. The summed E-state index contributed by atoms with van der Waals surface area (Å²) >= 11 is 0. The van der Waals surface area contributed by atoms with Crippen molar-refractivity contribution in [3.8, 4) is 5.75 Å². The highest BCUT2D eigenvalue weighted by molar-refractivity contribution is 6.00. The molecule has 0 aromatic heterocycles. The molecule has 1 aromatic rings. The molecule has 0 heterocycles. The molecule has 1 fully saturated rings. The third-order valence-corrected chi connectivity index (χ3v) is 3.66. The van der Waals surface area contributed by atoms with Gasteiger partial charge in [-0.1, -0.05) is 18.5 Å². The molecule has 4 heteroatoms. The third-order valence-electron chi connectivity index (χ3n) is 3.66. The molecule has 19 heavy (non-hydrogen) atoms. The zero-order chi connectivity index (χ0) is 13.8. The van der Waals surface area contributed by atoms with Crippen LogP contribution >= 0.6 is 0 Å². The first-order valence-corrected chi connectivity index (χ1v) is 6.75. The Hall–Kier alpha value is -1.58. The number of rotatable bonds is 3. The SMILES string of the molecule is CC(=NO)c1cc(F)ccc1OC1CCCC(C)C1. The largest absolute Gasteiger partial charge is 0.490 e. The predicted octanol–water partition coefficient (Wildman–Crippen LogP) is 3.98.